The van der Waals surface area contributed by atoms with Gasteiger partial charge in [-0.1, -0.05) is 19.1 Å². The van der Waals surface area contributed by atoms with Crippen molar-refractivity contribution in [3.63, 3.8) is 0 Å². The average Bonchev–Trinajstić information content (AvgIpc) is 3.19. The Labute approximate surface area is 320 Å². The zero-order valence-corrected chi connectivity index (χ0v) is 31.8. The summed E-state index contributed by atoms with van der Waals surface area (Å²) in [4.78, 5) is 28.1. The van der Waals surface area contributed by atoms with Gasteiger partial charge < -0.3 is 29.2 Å². The van der Waals surface area contributed by atoms with E-state index in [1.54, 1.807) is 36.4 Å². The summed E-state index contributed by atoms with van der Waals surface area (Å²) in [5.74, 6) is -5.86. The van der Waals surface area contributed by atoms with Crippen molar-refractivity contribution in [3.8, 4) is 23.0 Å². The minimum absolute atomic E-state index is 0.0238. The molecule has 1 unspecified atom stereocenters. The Hall–Kier alpha value is -5.75. The molecule has 56 heavy (non-hydrogen) atoms. The molecule has 2 aromatic heterocycles. The lowest BCUT2D eigenvalue weighted by Crippen LogP contribution is -2.46. The van der Waals surface area contributed by atoms with Gasteiger partial charge in [0, 0.05) is 91.9 Å². The van der Waals surface area contributed by atoms with Gasteiger partial charge in [-0.25, -0.2) is 40.9 Å². The Morgan fingerprint density at radius 1 is 0.857 bits per heavy atom. The number of piperidine rings is 1. The van der Waals surface area contributed by atoms with Crippen LogP contribution >= 0.6 is 0 Å². The lowest BCUT2D eigenvalue weighted by atomic mass is 9.95. The number of nitrogens with one attached hydrogen (secondary N) is 1. The third-order valence-corrected chi connectivity index (χ3v) is 11.1. The van der Waals surface area contributed by atoms with Crippen molar-refractivity contribution in [2.45, 2.75) is 37.4 Å². The van der Waals surface area contributed by atoms with E-state index in [0.717, 1.165) is 22.5 Å². The molecule has 1 fully saturated rings. The van der Waals surface area contributed by atoms with Gasteiger partial charge in [-0.2, -0.15) is 4.31 Å². The second-order valence-electron chi connectivity index (χ2n) is 13.0. The molecule has 1 aliphatic heterocycles. The summed E-state index contributed by atoms with van der Waals surface area (Å²) in [6.45, 7) is 0.565. The van der Waals surface area contributed by atoms with Crippen LogP contribution in [0.4, 0.5) is 29.1 Å². The maximum Gasteiger partial charge on any atom is 0.278 e. The zero-order valence-electron chi connectivity index (χ0n) is 31.0. The summed E-state index contributed by atoms with van der Waals surface area (Å²) >= 11 is 0. The fourth-order valence-electron chi connectivity index (χ4n) is 6.22. The third kappa shape index (κ3) is 8.25. The molecule has 3 heterocycles. The molecular formula is C38H38F4N6O7S. The van der Waals surface area contributed by atoms with Crippen LogP contribution in [0.5, 0.6) is 23.0 Å². The highest BCUT2D eigenvalue weighted by molar-refractivity contribution is 7.89. The van der Waals surface area contributed by atoms with Crippen LogP contribution in [0.1, 0.15) is 35.0 Å². The van der Waals surface area contributed by atoms with Crippen LogP contribution in [0, 0.1) is 17.6 Å². The first-order valence-electron chi connectivity index (χ1n) is 17.2. The first kappa shape index (κ1) is 39.9. The van der Waals surface area contributed by atoms with Crippen molar-refractivity contribution in [2.24, 2.45) is 5.92 Å². The molecule has 296 valence electrons. The summed E-state index contributed by atoms with van der Waals surface area (Å²) < 4.78 is 109. The van der Waals surface area contributed by atoms with Gasteiger partial charge in [0.1, 0.15) is 23.0 Å². The number of anilines is 2. The highest BCUT2D eigenvalue weighted by atomic mass is 32.2. The summed E-state index contributed by atoms with van der Waals surface area (Å²) in [6, 6.07) is 14.0. The van der Waals surface area contributed by atoms with E-state index < -0.39 is 50.9 Å². The number of hydrogen-bond donors (Lipinski definition) is 1. The van der Waals surface area contributed by atoms with Crippen LogP contribution in [0.25, 0.3) is 11.0 Å². The van der Waals surface area contributed by atoms with E-state index in [1.807, 2.05) is 0 Å². The summed E-state index contributed by atoms with van der Waals surface area (Å²) in [5, 5.41) is 2.15. The average molecular weight is 799 g/mol. The van der Waals surface area contributed by atoms with Gasteiger partial charge in [-0.3, -0.25) is 4.79 Å². The third-order valence-electron chi connectivity index (χ3n) is 9.41. The molecule has 0 bridgehead atoms. The summed E-state index contributed by atoms with van der Waals surface area (Å²) in [5.41, 5.74) is 0.338. The van der Waals surface area contributed by atoms with Gasteiger partial charge in [-0.05, 0) is 18.2 Å². The highest BCUT2D eigenvalue weighted by Crippen LogP contribution is 2.37. The molecule has 18 heteroatoms. The first-order valence-corrected chi connectivity index (χ1v) is 18.6. The number of ether oxygens (including phenoxy) is 4. The number of pyridine rings is 1. The molecule has 1 atom stereocenters. The van der Waals surface area contributed by atoms with Crippen LogP contribution in [-0.2, 0) is 23.1 Å². The molecule has 0 saturated carbocycles. The number of rotatable bonds is 13. The topological polar surface area (TPSA) is 145 Å². The van der Waals surface area contributed by atoms with Gasteiger partial charge in [0.2, 0.25) is 0 Å². The number of fused-ring (bicyclic) bond motifs is 1. The maximum absolute atomic E-state index is 14.5. The van der Waals surface area contributed by atoms with Crippen LogP contribution in [0.2, 0.25) is 0 Å². The Bertz CT molecular complexity index is 2330. The number of halogens is 4. The Morgan fingerprint density at radius 2 is 1.43 bits per heavy atom. The lowest BCUT2D eigenvalue weighted by molar-refractivity contribution is -0.0652. The number of amides is 1. The maximum atomic E-state index is 14.5. The van der Waals surface area contributed by atoms with Crippen LogP contribution in [0.15, 0.2) is 71.9 Å². The number of methoxy groups -OCH3 is 4. The minimum Gasteiger partial charge on any atom is -0.497 e. The largest absolute Gasteiger partial charge is 0.497 e. The normalized spacial score (nSPS) is 15.5. The number of aromatic nitrogens is 3. The van der Waals surface area contributed by atoms with Crippen molar-refractivity contribution in [3.05, 3.63) is 95.3 Å². The summed E-state index contributed by atoms with van der Waals surface area (Å²) in [7, 11) is 1.39. The van der Waals surface area contributed by atoms with Gasteiger partial charge in [-0.15, -0.1) is 0 Å². The van der Waals surface area contributed by atoms with E-state index in [-0.39, 0.29) is 54.4 Å². The summed E-state index contributed by atoms with van der Waals surface area (Å²) in [6.07, 6.45) is 0.641. The van der Waals surface area contributed by atoms with E-state index in [2.05, 4.69) is 20.3 Å². The highest BCUT2D eigenvalue weighted by Gasteiger charge is 2.42. The Kier molecular flexibility index (Phi) is 11.5. The number of sulfonamides is 1. The molecule has 0 aliphatic carbocycles. The van der Waals surface area contributed by atoms with Crippen molar-refractivity contribution < 1.29 is 49.7 Å². The molecule has 3 aromatic carbocycles. The number of hydrogen-bond acceptors (Lipinski definition) is 11. The van der Waals surface area contributed by atoms with E-state index in [1.165, 1.54) is 52.5 Å². The minimum atomic E-state index is -4.47. The molecule has 1 N–H and O–H groups in total. The SMILES string of the molecule is COc1ccc(CN(Cc2ccc(OC)cc2OC)S(=O)(=O)c2cc(NC(=O)c3nc4cc(F)c(F)cc4nc3N3CCC(F)(F)C(C)C3)ccn2)c(OC)c1. The van der Waals surface area contributed by atoms with Crippen LogP contribution in [-0.4, -0.2) is 81.0 Å². The number of nitrogens with zero attached hydrogens (tertiary/aromatic N) is 5. The zero-order chi connectivity index (χ0) is 40.4. The Morgan fingerprint density at radius 3 is 1.96 bits per heavy atom. The van der Waals surface area contributed by atoms with Gasteiger partial charge in [0.15, 0.2) is 28.2 Å². The van der Waals surface area contributed by atoms with E-state index in [9.17, 15) is 30.8 Å². The molecule has 13 nitrogen and oxygen atoms in total. The monoisotopic (exact) mass is 798 g/mol. The molecule has 0 spiro atoms. The van der Waals surface area contributed by atoms with Crippen LogP contribution < -0.4 is 29.2 Å². The molecule has 6 rings (SSSR count). The molecule has 5 aromatic rings. The number of carbonyl (C=O) groups is 1. The van der Waals surface area contributed by atoms with Crippen molar-refractivity contribution >= 4 is 38.5 Å². The van der Waals surface area contributed by atoms with E-state index in [0.29, 0.717) is 34.1 Å². The van der Waals surface area contributed by atoms with Crippen molar-refractivity contribution in [1.82, 2.24) is 19.3 Å². The predicted molar refractivity (Wildman–Crippen MR) is 198 cm³/mol. The van der Waals surface area contributed by atoms with E-state index in [4.69, 9.17) is 18.9 Å². The van der Waals surface area contributed by atoms with Gasteiger partial charge >= 0.3 is 0 Å². The van der Waals surface area contributed by atoms with Gasteiger partial charge in [0.05, 0.1) is 39.5 Å². The molecule has 0 radical (unpaired) electrons. The van der Waals surface area contributed by atoms with Gasteiger partial charge in [0.25, 0.3) is 21.9 Å². The Balaban J connectivity index is 1.37. The van der Waals surface area contributed by atoms with Crippen molar-refractivity contribution in [1.29, 1.82) is 0 Å². The number of carbonyl (C=O) groups excluding carboxylic acids is 1. The smallest absolute Gasteiger partial charge is 0.278 e. The predicted octanol–water partition coefficient (Wildman–Crippen LogP) is 6.46. The molecule has 1 amide bonds. The molecule has 1 aliphatic rings. The second-order valence-corrected chi connectivity index (χ2v) is 14.9. The van der Waals surface area contributed by atoms with Crippen molar-refractivity contribution in [2.75, 3.05) is 51.7 Å². The number of alkyl halides is 2. The lowest BCUT2D eigenvalue weighted by Gasteiger charge is -2.37. The quantitative estimate of drug-likeness (QED) is 0.131. The molecule has 1 saturated heterocycles. The fourth-order valence-corrected chi connectivity index (χ4v) is 7.57. The fraction of sp³-hybridized carbons (Fsp3) is 0.316. The van der Waals surface area contributed by atoms with Crippen LogP contribution in [0.3, 0.4) is 0 Å². The second kappa shape index (κ2) is 16.2. The number of benzene rings is 3. The standard InChI is InChI=1S/C38H38F4N6O7S/c1-22-19-47(13-11-38(22,41)42)36-35(45-30-17-28(39)29(40)18-31(30)46-36)37(49)44-25-10-12-43-34(14-25)56(50,51)48(20-23-6-8-26(52-2)15-32(23)54-4)21-24-7-9-27(53-3)16-33(24)55-5/h6-10,12,14-18,22H,11,13,19-21H2,1-5H3,(H,43,44,49). The molecular weight excluding hydrogens is 761 g/mol. The van der Waals surface area contributed by atoms with E-state index >= 15 is 0 Å². The first-order chi connectivity index (χ1) is 26.7.